The molecule has 3 rings (SSSR count). The molecule has 4 nitrogen and oxygen atoms in total. The second-order valence-corrected chi connectivity index (χ2v) is 4.20. The predicted octanol–water partition coefficient (Wildman–Crippen LogP) is 0.960. The fourth-order valence-corrected chi connectivity index (χ4v) is 2.25. The Kier molecular flexibility index (Phi) is 1.96. The summed E-state index contributed by atoms with van der Waals surface area (Å²) in [7, 11) is 0. The predicted molar refractivity (Wildman–Crippen MR) is 55.9 cm³/mol. The topological polar surface area (TPSA) is 55.4 Å². The maximum absolute atomic E-state index is 11.3. The summed E-state index contributed by atoms with van der Waals surface area (Å²) in [6, 6.07) is 5.68. The molecule has 1 fully saturated rings. The Morgan fingerprint density at radius 2 is 2.19 bits per heavy atom. The minimum Gasteiger partial charge on any atom is -0.457 e. The monoisotopic (exact) mass is 217 g/mol. The van der Waals surface area contributed by atoms with E-state index in [1.165, 1.54) is 0 Å². The maximum atomic E-state index is 11.3. The van der Waals surface area contributed by atoms with Gasteiger partial charge in [0.1, 0.15) is 6.61 Å². The Morgan fingerprint density at radius 1 is 1.31 bits per heavy atom. The van der Waals surface area contributed by atoms with E-state index in [1.807, 2.05) is 12.1 Å². The van der Waals surface area contributed by atoms with Gasteiger partial charge in [0.2, 0.25) is 5.91 Å². The molecule has 0 bridgehead atoms. The van der Waals surface area contributed by atoms with Crippen molar-refractivity contribution in [1.29, 1.82) is 0 Å². The van der Waals surface area contributed by atoms with Crippen LogP contribution in [0.25, 0.3) is 0 Å². The molecule has 1 aromatic carbocycles. The molecule has 2 aliphatic rings. The average Bonchev–Trinajstić information content (AvgIpc) is 2.86. The summed E-state index contributed by atoms with van der Waals surface area (Å²) in [5, 5.41) is 2.81. The molecule has 0 aromatic heterocycles. The van der Waals surface area contributed by atoms with Gasteiger partial charge < -0.3 is 10.1 Å². The number of hydrogen-bond acceptors (Lipinski definition) is 3. The van der Waals surface area contributed by atoms with Crippen LogP contribution in [-0.2, 0) is 16.1 Å². The van der Waals surface area contributed by atoms with Gasteiger partial charge in [0.25, 0.3) is 0 Å². The summed E-state index contributed by atoms with van der Waals surface area (Å²) in [6.07, 6.45) is 0.535. The van der Waals surface area contributed by atoms with Crippen LogP contribution in [-0.4, -0.2) is 18.4 Å². The third-order valence-electron chi connectivity index (χ3n) is 3.16. The molecule has 16 heavy (non-hydrogen) atoms. The molecule has 1 saturated heterocycles. The Bertz CT molecular complexity index is 481. The summed E-state index contributed by atoms with van der Waals surface area (Å²) < 4.78 is 4.94. The van der Waals surface area contributed by atoms with Gasteiger partial charge in [-0.3, -0.25) is 4.79 Å². The van der Waals surface area contributed by atoms with Crippen LogP contribution >= 0.6 is 0 Å². The molecule has 82 valence electrons. The molecule has 0 unspecified atom stereocenters. The molecule has 2 aliphatic heterocycles. The van der Waals surface area contributed by atoms with Crippen molar-refractivity contribution in [1.82, 2.24) is 5.32 Å². The van der Waals surface area contributed by atoms with Gasteiger partial charge in [-0.15, -0.1) is 0 Å². The van der Waals surface area contributed by atoms with Gasteiger partial charge in [-0.1, -0.05) is 12.1 Å². The number of carbonyl (C=O) groups excluding carboxylic acids is 2. The molecule has 1 aromatic rings. The molecular formula is C12H11NO3. The highest BCUT2D eigenvalue weighted by Crippen LogP contribution is 2.28. The van der Waals surface area contributed by atoms with Crippen molar-refractivity contribution in [3.63, 3.8) is 0 Å². The number of nitrogens with one attached hydrogen (secondary N) is 1. The van der Waals surface area contributed by atoms with Crippen LogP contribution in [0.4, 0.5) is 0 Å². The van der Waals surface area contributed by atoms with Crippen molar-refractivity contribution in [2.24, 2.45) is 0 Å². The smallest absolute Gasteiger partial charge is 0.338 e. The molecule has 1 N–H and O–H groups in total. The number of rotatable bonds is 1. The highest BCUT2D eigenvalue weighted by molar-refractivity contribution is 5.93. The van der Waals surface area contributed by atoms with Gasteiger partial charge in [-0.25, -0.2) is 4.79 Å². The van der Waals surface area contributed by atoms with Crippen LogP contribution in [0.2, 0.25) is 0 Å². The molecule has 0 saturated carbocycles. The molecule has 1 atom stereocenters. The molecule has 0 radical (unpaired) electrons. The van der Waals surface area contributed by atoms with E-state index in [-0.39, 0.29) is 17.8 Å². The Labute approximate surface area is 92.6 Å². The number of fused-ring (bicyclic) bond motifs is 1. The normalized spacial score (nSPS) is 22.9. The van der Waals surface area contributed by atoms with E-state index >= 15 is 0 Å². The van der Waals surface area contributed by atoms with Crippen molar-refractivity contribution in [3.8, 4) is 0 Å². The van der Waals surface area contributed by atoms with Crippen LogP contribution in [0.3, 0.4) is 0 Å². The first kappa shape index (κ1) is 9.39. The van der Waals surface area contributed by atoms with E-state index in [2.05, 4.69) is 5.32 Å². The summed E-state index contributed by atoms with van der Waals surface area (Å²) in [4.78, 5) is 22.4. The van der Waals surface area contributed by atoms with E-state index < -0.39 is 0 Å². The van der Waals surface area contributed by atoms with Crippen LogP contribution in [0.5, 0.6) is 0 Å². The average molecular weight is 217 g/mol. The van der Waals surface area contributed by atoms with Gasteiger partial charge in [0.05, 0.1) is 5.56 Å². The third kappa shape index (κ3) is 1.38. The number of amides is 1. The molecular weight excluding hydrogens is 206 g/mol. The summed E-state index contributed by atoms with van der Waals surface area (Å²) in [6.45, 7) is 1.04. The van der Waals surface area contributed by atoms with Gasteiger partial charge in [0.15, 0.2) is 0 Å². The van der Waals surface area contributed by atoms with Crippen LogP contribution in [0, 0.1) is 0 Å². The first-order valence-electron chi connectivity index (χ1n) is 5.30. The zero-order valence-corrected chi connectivity index (χ0v) is 8.66. The van der Waals surface area contributed by atoms with Crippen molar-refractivity contribution < 1.29 is 14.3 Å². The second-order valence-electron chi connectivity index (χ2n) is 4.20. The van der Waals surface area contributed by atoms with Crippen LogP contribution in [0.1, 0.15) is 33.8 Å². The van der Waals surface area contributed by atoms with Gasteiger partial charge >= 0.3 is 5.97 Å². The third-order valence-corrected chi connectivity index (χ3v) is 3.16. The van der Waals surface area contributed by atoms with Gasteiger partial charge in [-0.2, -0.15) is 0 Å². The Morgan fingerprint density at radius 3 is 2.94 bits per heavy atom. The fourth-order valence-electron chi connectivity index (χ4n) is 2.25. The number of ether oxygens (including phenoxy) is 1. The standard InChI is InChI=1S/C12H11NO3/c14-11-4-8(5-13-11)7-1-2-10-9(3-7)6-16-12(10)15/h1-3,8H,4-6H2,(H,13,14)/t8-/m1/s1. The zero-order valence-electron chi connectivity index (χ0n) is 8.66. The number of cyclic esters (lactones) is 1. The molecule has 4 heteroatoms. The van der Waals surface area contributed by atoms with Gasteiger partial charge in [0, 0.05) is 24.4 Å². The van der Waals surface area contributed by atoms with Crippen molar-refractivity contribution in [3.05, 3.63) is 34.9 Å². The van der Waals surface area contributed by atoms with E-state index in [0.29, 0.717) is 25.1 Å². The summed E-state index contributed by atoms with van der Waals surface area (Å²) in [5.41, 5.74) is 2.69. The quantitative estimate of drug-likeness (QED) is 0.713. The first-order valence-corrected chi connectivity index (χ1v) is 5.30. The largest absolute Gasteiger partial charge is 0.457 e. The Balaban J connectivity index is 1.93. The number of benzene rings is 1. The Hall–Kier alpha value is -1.84. The lowest BCUT2D eigenvalue weighted by Gasteiger charge is -2.08. The van der Waals surface area contributed by atoms with Crippen molar-refractivity contribution in [2.45, 2.75) is 18.9 Å². The van der Waals surface area contributed by atoms with E-state index in [1.54, 1.807) is 6.07 Å². The summed E-state index contributed by atoms with van der Waals surface area (Å²) >= 11 is 0. The van der Waals surface area contributed by atoms with E-state index in [0.717, 1.165) is 11.1 Å². The number of hydrogen-bond donors (Lipinski definition) is 1. The second kappa shape index (κ2) is 3.33. The zero-order chi connectivity index (χ0) is 11.1. The molecule has 2 heterocycles. The van der Waals surface area contributed by atoms with E-state index in [4.69, 9.17) is 4.74 Å². The summed E-state index contributed by atoms with van der Waals surface area (Å²) in [5.74, 6) is 0.0773. The van der Waals surface area contributed by atoms with E-state index in [9.17, 15) is 9.59 Å². The number of carbonyl (C=O) groups is 2. The lowest BCUT2D eigenvalue weighted by atomic mass is 9.95. The lowest BCUT2D eigenvalue weighted by molar-refractivity contribution is -0.119. The minimum absolute atomic E-state index is 0.0952. The lowest BCUT2D eigenvalue weighted by Crippen LogP contribution is -2.13. The number of esters is 1. The van der Waals surface area contributed by atoms with Crippen LogP contribution in [0.15, 0.2) is 18.2 Å². The van der Waals surface area contributed by atoms with Gasteiger partial charge in [-0.05, 0) is 11.6 Å². The first-order chi connectivity index (χ1) is 7.74. The minimum atomic E-state index is -0.248. The molecule has 1 amide bonds. The maximum Gasteiger partial charge on any atom is 0.338 e. The van der Waals surface area contributed by atoms with Crippen molar-refractivity contribution >= 4 is 11.9 Å². The molecule has 0 aliphatic carbocycles. The highest BCUT2D eigenvalue weighted by Gasteiger charge is 2.26. The highest BCUT2D eigenvalue weighted by atomic mass is 16.5. The van der Waals surface area contributed by atoms with Crippen LogP contribution < -0.4 is 5.32 Å². The van der Waals surface area contributed by atoms with Crippen molar-refractivity contribution in [2.75, 3.05) is 6.54 Å². The SMILES string of the molecule is O=C1C[C@@H](c2ccc3c(c2)COC3=O)CN1. The fraction of sp³-hybridized carbons (Fsp3) is 0.333. The molecule has 0 spiro atoms.